The summed E-state index contributed by atoms with van der Waals surface area (Å²) in [5, 5.41) is 32.2. The van der Waals surface area contributed by atoms with Crippen molar-refractivity contribution in [3.05, 3.63) is 48.2 Å². The molecule has 0 amide bonds. The number of ether oxygens (including phenoxy) is 1. The zero-order valence-corrected chi connectivity index (χ0v) is 25.0. The van der Waals surface area contributed by atoms with Crippen molar-refractivity contribution in [1.82, 2.24) is 9.47 Å². The first-order valence-corrected chi connectivity index (χ1v) is 15.9. The highest BCUT2D eigenvalue weighted by Crippen LogP contribution is 2.33. The third-order valence-corrected chi connectivity index (χ3v) is 9.14. The largest absolute Gasteiger partial charge is 0.495 e. The minimum atomic E-state index is -4.46. The third kappa shape index (κ3) is 7.41. The first kappa shape index (κ1) is 31.9. The van der Waals surface area contributed by atoms with Gasteiger partial charge < -0.3 is 30.2 Å². The van der Waals surface area contributed by atoms with Crippen LogP contribution in [0.15, 0.2) is 47.4 Å². The van der Waals surface area contributed by atoms with E-state index in [1.165, 1.54) is 25.3 Å². The summed E-state index contributed by atoms with van der Waals surface area (Å²) in [4.78, 5) is 2.02. The minimum Gasteiger partial charge on any atom is -0.495 e. The number of aliphatic hydroxyl groups excluding tert-OH is 2. The summed E-state index contributed by atoms with van der Waals surface area (Å²) in [5.41, 5.74) is 1.81. The Morgan fingerprint density at radius 3 is 2.39 bits per heavy atom. The van der Waals surface area contributed by atoms with Crippen LogP contribution in [0.5, 0.6) is 5.75 Å². The number of sulfonamides is 1. The fourth-order valence-corrected chi connectivity index (χ4v) is 6.56. The zero-order chi connectivity index (χ0) is 31.6. The van der Waals surface area contributed by atoms with Crippen LogP contribution in [0.1, 0.15) is 31.4 Å². The molecule has 0 spiro atoms. The number of alkyl halides is 3. The molecule has 3 aromatic rings. The van der Waals surface area contributed by atoms with Gasteiger partial charge in [0.05, 0.1) is 47.7 Å². The van der Waals surface area contributed by atoms with Crippen LogP contribution in [-0.4, -0.2) is 85.3 Å². The average Bonchev–Trinajstić information content (AvgIpc) is 3.49. The summed E-state index contributed by atoms with van der Waals surface area (Å²) in [6.45, 7) is -0.210. The Morgan fingerprint density at radius 2 is 1.75 bits per heavy atom. The molecule has 1 aliphatic heterocycles. The van der Waals surface area contributed by atoms with Crippen LogP contribution in [0.4, 0.5) is 24.5 Å². The maximum absolute atomic E-state index is 13.6. The summed E-state index contributed by atoms with van der Waals surface area (Å²) in [6, 6.07) is 11.4. The lowest BCUT2D eigenvalue weighted by atomic mass is 9.90. The third-order valence-electron chi connectivity index (χ3n) is 8.23. The number of likely N-dealkylation sites (tertiary alicyclic amines) is 1. The lowest BCUT2D eigenvalue weighted by Gasteiger charge is -2.35. The number of halogens is 3. The second kappa shape index (κ2) is 12.9. The van der Waals surface area contributed by atoms with Crippen LogP contribution >= 0.6 is 0 Å². The molecule has 1 aromatic heterocycles. The average molecular weight is 636 g/mol. The van der Waals surface area contributed by atoms with E-state index in [1.807, 2.05) is 6.07 Å². The van der Waals surface area contributed by atoms with Crippen LogP contribution in [0.25, 0.3) is 10.9 Å². The van der Waals surface area contributed by atoms with Gasteiger partial charge in [0.25, 0.3) is 0 Å². The Kier molecular flexibility index (Phi) is 9.33. The molecule has 2 aliphatic rings. The van der Waals surface area contributed by atoms with E-state index in [-0.39, 0.29) is 35.0 Å². The molecule has 2 aromatic carbocycles. The number of fused-ring (bicyclic) bond motifs is 1. The van der Waals surface area contributed by atoms with Gasteiger partial charge in [0, 0.05) is 42.3 Å². The molecule has 1 saturated carbocycles. The number of nitrogens with zero attached hydrogens (tertiary/aromatic N) is 2. The number of β-amino-alcohol motifs (C(OH)–C–C–N with tert-alkyl or cyclic N) is 2. The number of hydrogen-bond donors (Lipinski definition) is 5. The van der Waals surface area contributed by atoms with Gasteiger partial charge in [0.15, 0.2) is 0 Å². The van der Waals surface area contributed by atoms with Crippen molar-refractivity contribution in [3.63, 3.8) is 0 Å². The van der Waals surface area contributed by atoms with E-state index >= 15 is 0 Å². The van der Waals surface area contributed by atoms with Gasteiger partial charge in [0.1, 0.15) is 12.3 Å². The molecule has 238 valence electrons. The molecule has 2 atom stereocenters. The SMILES string of the molecule is COc1cc(S(N)(=O)=O)ccc1NCC#Cc1cc2c(N[C@H]3CC[C@H](N4C[C@@H](O)[C@H](O)C4)CC3)cccc2n1CC(F)(F)F. The normalized spacial score (nSPS) is 22.9. The van der Waals surface area contributed by atoms with Crippen molar-refractivity contribution >= 4 is 32.3 Å². The highest BCUT2D eigenvalue weighted by atomic mass is 32.2. The predicted octanol–water partition coefficient (Wildman–Crippen LogP) is 3.08. The maximum Gasteiger partial charge on any atom is 0.406 e. The van der Waals surface area contributed by atoms with E-state index in [1.54, 1.807) is 18.2 Å². The molecule has 1 saturated heterocycles. The van der Waals surface area contributed by atoms with Gasteiger partial charge >= 0.3 is 6.18 Å². The number of anilines is 2. The molecule has 1 aliphatic carbocycles. The fraction of sp³-hybridized carbons (Fsp3) is 0.467. The number of hydrogen-bond acceptors (Lipinski definition) is 8. The van der Waals surface area contributed by atoms with Gasteiger partial charge in [-0.1, -0.05) is 12.0 Å². The number of rotatable bonds is 8. The van der Waals surface area contributed by atoms with Crippen LogP contribution in [0.2, 0.25) is 0 Å². The molecule has 0 bridgehead atoms. The van der Waals surface area contributed by atoms with Crippen LogP contribution in [-0.2, 0) is 16.6 Å². The highest BCUT2D eigenvalue weighted by Gasteiger charge is 2.35. The van der Waals surface area contributed by atoms with E-state index in [0.717, 1.165) is 35.9 Å². The predicted molar refractivity (Wildman–Crippen MR) is 161 cm³/mol. The van der Waals surface area contributed by atoms with Crippen LogP contribution in [0.3, 0.4) is 0 Å². The molecule has 10 nitrogen and oxygen atoms in total. The van der Waals surface area contributed by atoms with Crippen LogP contribution in [0, 0.1) is 11.8 Å². The van der Waals surface area contributed by atoms with Crippen LogP contribution < -0.4 is 20.5 Å². The summed E-state index contributed by atoms with van der Waals surface area (Å²) >= 11 is 0. The minimum absolute atomic E-state index is 0.0536. The number of aliphatic hydroxyl groups is 2. The molecule has 6 N–H and O–H groups in total. The van der Waals surface area contributed by atoms with Crippen molar-refractivity contribution in [3.8, 4) is 17.6 Å². The lowest BCUT2D eigenvalue weighted by Crippen LogP contribution is -2.39. The fourth-order valence-electron chi connectivity index (χ4n) is 6.03. The second-order valence-corrected chi connectivity index (χ2v) is 12.8. The summed E-state index contributed by atoms with van der Waals surface area (Å²) in [5.74, 6) is 5.95. The Balaban J connectivity index is 1.32. The van der Waals surface area contributed by atoms with Gasteiger partial charge in [0.2, 0.25) is 10.0 Å². The van der Waals surface area contributed by atoms with Gasteiger partial charge in [-0.25, -0.2) is 13.6 Å². The quantitative estimate of drug-likeness (QED) is 0.238. The Hall–Kier alpha value is -3.48. The monoisotopic (exact) mass is 635 g/mol. The summed E-state index contributed by atoms with van der Waals surface area (Å²) in [6.07, 6.45) is -2.41. The first-order chi connectivity index (χ1) is 20.8. The standard InChI is InChI=1S/C30H36F3N5O5S/c1-43-29-15-22(44(34,41)42)11-12-25(29)35-13-3-4-21-14-23-24(5-2-6-26(23)38(21)18-30(31,32)33)36-19-7-9-20(10-8-19)37-16-27(39)28(40)17-37/h2,5-6,11-12,14-15,19-20,27-28,35-36,39-40H,7-10,13,16-18H2,1H3,(H2,34,41,42)/t19-,20-,27-,28-/m1/s1. The summed E-state index contributed by atoms with van der Waals surface area (Å²) < 4.78 is 70.5. The molecule has 14 heteroatoms. The first-order valence-electron chi connectivity index (χ1n) is 14.3. The van der Waals surface area contributed by atoms with Crippen molar-refractivity contribution in [2.24, 2.45) is 5.14 Å². The molecule has 2 heterocycles. The van der Waals surface area contributed by atoms with Gasteiger partial charge in [-0.3, -0.25) is 4.90 Å². The van der Waals surface area contributed by atoms with E-state index in [9.17, 15) is 31.8 Å². The smallest absolute Gasteiger partial charge is 0.406 e. The van der Waals surface area contributed by atoms with Crippen molar-refractivity contribution in [1.29, 1.82) is 0 Å². The topological polar surface area (TPSA) is 142 Å². The zero-order valence-electron chi connectivity index (χ0n) is 24.1. The molecule has 0 unspecified atom stereocenters. The Morgan fingerprint density at radius 1 is 1.05 bits per heavy atom. The number of nitrogens with one attached hydrogen (secondary N) is 2. The number of nitrogens with two attached hydrogens (primary N) is 1. The Labute approximate surface area is 254 Å². The molecular formula is C30H36F3N5O5S. The van der Waals surface area contributed by atoms with E-state index < -0.39 is 35.0 Å². The Bertz CT molecular complexity index is 1650. The van der Waals surface area contributed by atoms with Crippen molar-refractivity contribution in [2.75, 3.05) is 37.4 Å². The second-order valence-electron chi connectivity index (χ2n) is 11.3. The van der Waals surface area contributed by atoms with E-state index in [4.69, 9.17) is 9.88 Å². The maximum atomic E-state index is 13.6. The number of primary sulfonamides is 1. The molecule has 5 rings (SSSR count). The van der Waals surface area contributed by atoms with E-state index in [2.05, 4.69) is 27.4 Å². The molecular weight excluding hydrogens is 599 g/mol. The number of methoxy groups -OCH3 is 1. The highest BCUT2D eigenvalue weighted by molar-refractivity contribution is 7.89. The van der Waals surface area contributed by atoms with Gasteiger partial charge in [-0.15, -0.1) is 0 Å². The molecule has 44 heavy (non-hydrogen) atoms. The van der Waals surface area contributed by atoms with Crippen molar-refractivity contribution < 1.29 is 36.5 Å². The lowest BCUT2D eigenvalue weighted by molar-refractivity contribution is -0.140. The number of benzene rings is 2. The van der Waals surface area contributed by atoms with E-state index in [0.29, 0.717) is 29.7 Å². The molecule has 2 fully saturated rings. The van der Waals surface area contributed by atoms with Gasteiger partial charge in [-0.05, 0) is 61.9 Å². The van der Waals surface area contributed by atoms with Gasteiger partial charge in [-0.2, -0.15) is 13.2 Å². The molecule has 0 radical (unpaired) electrons. The number of aromatic nitrogens is 1. The van der Waals surface area contributed by atoms with Crippen molar-refractivity contribution in [2.45, 2.75) is 67.6 Å². The summed E-state index contributed by atoms with van der Waals surface area (Å²) in [7, 11) is -2.55.